The lowest BCUT2D eigenvalue weighted by Gasteiger charge is -2.14. The van der Waals surface area contributed by atoms with Crippen LogP contribution in [0.1, 0.15) is 25.7 Å². The van der Waals surface area contributed by atoms with Crippen LogP contribution in [0.2, 0.25) is 0 Å². The first-order chi connectivity index (χ1) is 5.63. The van der Waals surface area contributed by atoms with Crippen LogP contribution < -0.4 is 0 Å². The predicted octanol–water partition coefficient (Wildman–Crippen LogP) is 2.75. The quantitative estimate of drug-likeness (QED) is 0.409. The number of carbonyl (C=O) groups excluding carboxylic acids is 1. The molecule has 0 bridgehead atoms. The van der Waals surface area contributed by atoms with Crippen LogP contribution in [0.3, 0.4) is 0 Å². The van der Waals surface area contributed by atoms with Gasteiger partial charge in [0.05, 0.1) is 0 Å². The van der Waals surface area contributed by atoms with Crippen LogP contribution in [-0.4, -0.2) is 15.7 Å². The average Bonchev–Trinajstić information content (AvgIpc) is 2.04. The Hall–Kier alpha value is -0.210. The highest BCUT2D eigenvalue weighted by atomic mass is 35.5. The molecule has 0 spiro atoms. The van der Waals surface area contributed by atoms with Crippen molar-refractivity contribution >= 4 is 29.0 Å². The van der Waals surface area contributed by atoms with E-state index in [2.05, 4.69) is 0 Å². The van der Waals surface area contributed by atoms with E-state index in [1.165, 1.54) is 0 Å². The largest absolute Gasteiger partial charge is 0.509 e. The van der Waals surface area contributed by atoms with Crippen molar-refractivity contribution in [3.8, 4) is 0 Å². The molecule has 0 aromatic rings. The summed E-state index contributed by atoms with van der Waals surface area (Å²) in [7, 11) is 0. The van der Waals surface area contributed by atoms with Crippen molar-refractivity contribution < 1.29 is 9.90 Å². The minimum Gasteiger partial charge on any atom is -0.509 e. The number of halogens is 2. The summed E-state index contributed by atoms with van der Waals surface area (Å²) in [5.41, 5.74) is 0.413. The van der Waals surface area contributed by atoms with E-state index in [9.17, 15) is 9.90 Å². The standard InChI is InChI=1S/C8H10Cl2O2/c9-8(10)7(12)5-3-1-2-4-6(5)11/h8,12H,1-4H2/b7-5-. The monoisotopic (exact) mass is 208 g/mol. The van der Waals surface area contributed by atoms with E-state index in [0.717, 1.165) is 12.8 Å². The van der Waals surface area contributed by atoms with Crippen molar-refractivity contribution in [2.45, 2.75) is 30.5 Å². The summed E-state index contributed by atoms with van der Waals surface area (Å²) < 4.78 is 0. The Morgan fingerprint density at radius 3 is 2.42 bits per heavy atom. The summed E-state index contributed by atoms with van der Waals surface area (Å²) in [6.45, 7) is 0. The van der Waals surface area contributed by atoms with Crippen LogP contribution in [0.15, 0.2) is 11.3 Å². The Balaban J connectivity index is 2.83. The summed E-state index contributed by atoms with van der Waals surface area (Å²) in [4.78, 5) is 10.2. The van der Waals surface area contributed by atoms with E-state index in [1.54, 1.807) is 0 Å². The summed E-state index contributed by atoms with van der Waals surface area (Å²) in [6.07, 6.45) is 2.91. The van der Waals surface area contributed by atoms with Gasteiger partial charge in [-0.1, -0.05) is 23.2 Å². The zero-order chi connectivity index (χ0) is 9.14. The molecule has 0 aromatic carbocycles. The molecule has 12 heavy (non-hydrogen) atoms. The SMILES string of the molecule is O=C1CCCC/C1=C(/O)C(Cl)Cl. The first-order valence-electron chi connectivity index (χ1n) is 3.86. The summed E-state index contributed by atoms with van der Waals surface area (Å²) in [6, 6.07) is 0. The molecule has 1 saturated carbocycles. The first-order valence-corrected chi connectivity index (χ1v) is 4.73. The molecule has 1 rings (SSSR count). The van der Waals surface area contributed by atoms with Gasteiger partial charge in [-0.2, -0.15) is 0 Å². The van der Waals surface area contributed by atoms with Gasteiger partial charge >= 0.3 is 0 Å². The molecule has 0 atom stereocenters. The fourth-order valence-electron chi connectivity index (χ4n) is 1.28. The number of carbonyl (C=O) groups is 1. The lowest BCUT2D eigenvalue weighted by atomic mass is 9.93. The third-order valence-electron chi connectivity index (χ3n) is 1.93. The van der Waals surface area contributed by atoms with Crippen LogP contribution in [0.4, 0.5) is 0 Å². The van der Waals surface area contributed by atoms with Gasteiger partial charge < -0.3 is 5.11 Å². The Bertz CT molecular complexity index is 221. The third kappa shape index (κ3) is 2.14. The minimum atomic E-state index is -0.970. The zero-order valence-corrected chi connectivity index (χ0v) is 8.03. The van der Waals surface area contributed by atoms with Gasteiger partial charge in [-0.05, 0) is 19.3 Å². The van der Waals surface area contributed by atoms with E-state index >= 15 is 0 Å². The molecule has 1 fully saturated rings. The fourth-order valence-corrected chi connectivity index (χ4v) is 1.54. The van der Waals surface area contributed by atoms with Crippen molar-refractivity contribution in [1.29, 1.82) is 0 Å². The predicted molar refractivity (Wildman–Crippen MR) is 48.6 cm³/mol. The Morgan fingerprint density at radius 1 is 1.33 bits per heavy atom. The molecule has 4 heteroatoms. The van der Waals surface area contributed by atoms with Gasteiger partial charge in [-0.15, -0.1) is 0 Å². The van der Waals surface area contributed by atoms with E-state index in [1.807, 2.05) is 0 Å². The normalized spacial score (nSPS) is 23.1. The lowest BCUT2D eigenvalue weighted by molar-refractivity contribution is -0.116. The van der Waals surface area contributed by atoms with Gasteiger partial charge in [0.15, 0.2) is 10.6 Å². The molecule has 0 heterocycles. The van der Waals surface area contributed by atoms with Gasteiger partial charge in [0.25, 0.3) is 0 Å². The summed E-state index contributed by atoms with van der Waals surface area (Å²) >= 11 is 10.9. The molecule has 1 aliphatic rings. The number of aliphatic hydroxyl groups excluding tert-OH is 1. The van der Waals surface area contributed by atoms with Crippen LogP contribution >= 0.6 is 23.2 Å². The molecule has 2 nitrogen and oxygen atoms in total. The number of alkyl halides is 2. The second kappa shape index (κ2) is 4.15. The minimum absolute atomic E-state index is 0.0231. The number of hydrogen-bond acceptors (Lipinski definition) is 2. The maximum Gasteiger partial charge on any atom is 0.164 e. The average molecular weight is 209 g/mol. The highest BCUT2D eigenvalue weighted by Crippen LogP contribution is 2.25. The van der Waals surface area contributed by atoms with Gasteiger partial charge in [-0.3, -0.25) is 4.79 Å². The topological polar surface area (TPSA) is 37.3 Å². The van der Waals surface area contributed by atoms with Crippen LogP contribution in [0.5, 0.6) is 0 Å². The molecule has 0 aromatic heterocycles. The number of ketones is 1. The van der Waals surface area contributed by atoms with Gasteiger partial charge in [0.1, 0.15) is 5.76 Å². The number of aliphatic hydroxyl groups is 1. The zero-order valence-electron chi connectivity index (χ0n) is 6.52. The van der Waals surface area contributed by atoms with E-state index in [-0.39, 0.29) is 11.5 Å². The Morgan fingerprint density at radius 2 is 1.92 bits per heavy atom. The van der Waals surface area contributed by atoms with E-state index in [0.29, 0.717) is 18.4 Å². The smallest absolute Gasteiger partial charge is 0.164 e. The number of rotatable bonds is 1. The Kier molecular flexibility index (Phi) is 3.41. The van der Waals surface area contributed by atoms with Crippen molar-refractivity contribution in [3.05, 3.63) is 11.3 Å². The van der Waals surface area contributed by atoms with E-state index in [4.69, 9.17) is 23.2 Å². The van der Waals surface area contributed by atoms with Crippen LogP contribution in [-0.2, 0) is 4.79 Å². The molecule has 0 amide bonds. The maximum atomic E-state index is 11.2. The van der Waals surface area contributed by atoms with Gasteiger partial charge in [-0.25, -0.2) is 0 Å². The van der Waals surface area contributed by atoms with Crippen molar-refractivity contribution in [2.24, 2.45) is 0 Å². The molecule has 0 saturated heterocycles. The van der Waals surface area contributed by atoms with Crippen LogP contribution in [0, 0.1) is 0 Å². The molecule has 0 radical (unpaired) electrons. The molecule has 0 aliphatic heterocycles. The van der Waals surface area contributed by atoms with Crippen LogP contribution in [0.25, 0.3) is 0 Å². The van der Waals surface area contributed by atoms with Crippen molar-refractivity contribution in [3.63, 3.8) is 0 Å². The molecule has 1 aliphatic carbocycles. The summed E-state index contributed by atoms with van der Waals surface area (Å²) in [5, 5.41) is 9.32. The second-order valence-corrected chi connectivity index (χ2v) is 3.89. The second-order valence-electron chi connectivity index (χ2n) is 2.79. The van der Waals surface area contributed by atoms with Crippen molar-refractivity contribution in [1.82, 2.24) is 0 Å². The Labute approximate surface area is 81.2 Å². The number of hydrogen-bond donors (Lipinski definition) is 1. The molecule has 0 unspecified atom stereocenters. The third-order valence-corrected chi connectivity index (χ3v) is 2.35. The number of allylic oxidation sites excluding steroid dienone is 2. The van der Waals surface area contributed by atoms with E-state index < -0.39 is 4.84 Å². The number of Topliss-reactive ketones (excluding diaryl/α,β-unsaturated/α-hetero) is 1. The van der Waals surface area contributed by atoms with Crippen molar-refractivity contribution in [2.75, 3.05) is 0 Å². The fraction of sp³-hybridized carbons (Fsp3) is 0.625. The van der Waals surface area contributed by atoms with Gasteiger partial charge in [0, 0.05) is 12.0 Å². The highest BCUT2D eigenvalue weighted by Gasteiger charge is 2.21. The maximum absolute atomic E-state index is 11.2. The first kappa shape index (κ1) is 9.87. The molecule has 68 valence electrons. The molecular formula is C8H10Cl2O2. The summed E-state index contributed by atoms with van der Waals surface area (Å²) in [5.74, 6) is -0.187. The van der Waals surface area contributed by atoms with Gasteiger partial charge in [0.2, 0.25) is 0 Å². The molecular weight excluding hydrogens is 199 g/mol. The molecule has 1 N–H and O–H groups in total. The highest BCUT2D eigenvalue weighted by molar-refractivity contribution is 6.46. The lowest BCUT2D eigenvalue weighted by Crippen LogP contribution is -2.13.